The van der Waals surface area contributed by atoms with Gasteiger partial charge in [0.25, 0.3) is 0 Å². The predicted octanol–water partition coefficient (Wildman–Crippen LogP) is 2.24. The van der Waals surface area contributed by atoms with Gasteiger partial charge in [-0.2, -0.15) is 0 Å². The molecule has 0 fully saturated rings. The Morgan fingerprint density at radius 1 is 1.62 bits per heavy atom. The number of hydrogen-bond acceptors (Lipinski definition) is 2. The lowest BCUT2D eigenvalue weighted by Gasteiger charge is -2.11. The summed E-state index contributed by atoms with van der Waals surface area (Å²) >= 11 is 3.24. The summed E-state index contributed by atoms with van der Waals surface area (Å²) in [6.07, 6.45) is -0.532. The van der Waals surface area contributed by atoms with Crippen LogP contribution in [-0.4, -0.2) is 19.1 Å². The summed E-state index contributed by atoms with van der Waals surface area (Å²) in [4.78, 5) is 11.4. The van der Waals surface area contributed by atoms with Crippen molar-refractivity contribution in [3.8, 4) is 0 Å². The molecule has 1 atom stereocenters. The van der Waals surface area contributed by atoms with Crippen LogP contribution in [0.25, 0.3) is 0 Å². The van der Waals surface area contributed by atoms with Crippen LogP contribution in [0.4, 0.5) is 4.39 Å². The number of carbonyl (C=O) groups excluding carboxylic acids is 1. The largest absolute Gasteiger partial charge is 0.372 e. The first-order chi connectivity index (χ1) is 7.54. The molecule has 5 heteroatoms. The van der Waals surface area contributed by atoms with Crippen molar-refractivity contribution in [2.75, 3.05) is 7.11 Å². The summed E-state index contributed by atoms with van der Waals surface area (Å²) in [6.45, 7) is 1.78. The molecule has 0 aliphatic rings. The minimum atomic E-state index is -0.532. The van der Waals surface area contributed by atoms with Gasteiger partial charge in [0.2, 0.25) is 5.91 Å². The van der Waals surface area contributed by atoms with E-state index in [-0.39, 0.29) is 18.3 Å². The van der Waals surface area contributed by atoms with Gasteiger partial charge < -0.3 is 10.1 Å². The lowest BCUT2D eigenvalue weighted by molar-refractivity contribution is -0.130. The quantitative estimate of drug-likeness (QED) is 0.923. The summed E-state index contributed by atoms with van der Waals surface area (Å²) < 4.78 is 18.9. The maximum absolute atomic E-state index is 13.3. The van der Waals surface area contributed by atoms with E-state index in [1.807, 2.05) is 0 Å². The molecule has 0 heterocycles. The molecule has 0 bridgehead atoms. The highest BCUT2D eigenvalue weighted by molar-refractivity contribution is 9.10. The first kappa shape index (κ1) is 13.1. The van der Waals surface area contributed by atoms with Gasteiger partial charge in [-0.1, -0.05) is 15.9 Å². The van der Waals surface area contributed by atoms with Crippen LogP contribution in [0.2, 0.25) is 0 Å². The fourth-order valence-electron chi connectivity index (χ4n) is 1.11. The van der Waals surface area contributed by atoms with Crippen molar-refractivity contribution in [2.24, 2.45) is 0 Å². The number of rotatable bonds is 4. The van der Waals surface area contributed by atoms with Crippen molar-refractivity contribution in [2.45, 2.75) is 19.6 Å². The van der Waals surface area contributed by atoms with E-state index in [4.69, 9.17) is 4.74 Å². The number of ether oxygens (including phenoxy) is 1. The minimum absolute atomic E-state index is 0.151. The molecule has 0 aliphatic carbocycles. The van der Waals surface area contributed by atoms with Crippen molar-refractivity contribution in [1.82, 2.24) is 5.32 Å². The summed E-state index contributed by atoms with van der Waals surface area (Å²) in [5, 5.41) is 2.59. The highest BCUT2D eigenvalue weighted by Gasteiger charge is 2.11. The molecule has 3 nitrogen and oxygen atoms in total. The van der Waals surface area contributed by atoms with Crippen molar-refractivity contribution < 1.29 is 13.9 Å². The zero-order valence-electron chi connectivity index (χ0n) is 9.09. The molecule has 0 spiro atoms. The van der Waals surface area contributed by atoms with Crippen molar-refractivity contribution in [3.63, 3.8) is 0 Å². The van der Waals surface area contributed by atoms with E-state index in [1.165, 1.54) is 13.2 Å². The fraction of sp³-hybridized carbons (Fsp3) is 0.364. The number of benzene rings is 1. The van der Waals surface area contributed by atoms with Crippen molar-refractivity contribution in [1.29, 1.82) is 0 Å². The van der Waals surface area contributed by atoms with Gasteiger partial charge in [0.1, 0.15) is 11.9 Å². The zero-order valence-corrected chi connectivity index (χ0v) is 10.7. The Hall–Kier alpha value is -0.940. The number of methoxy groups -OCH3 is 1. The number of halogens is 2. The Balaban J connectivity index is 2.61. The van der Waals surface area contributed by atoms with Crippen LogP contribution in [0.1, 0.15) is 12.5 Å². The van der Waals surface area contributed by atoms with E-state index in [9.17, 15) is 9.18 Å². The standard InChI is InChI=1S/C11H13BrFNO2/c1-7(16-2)11(15)14-6-8-5-9(12)3-4-10(8)13/h3-5,7H,6H2,1-2H3,(H,14,15). The molecule has 0 saturated heterocycles. The van der Waals surface area contributed by atoms with Crippen LogP contribution >= 0.6 is 15.9 Å². The molecule has 0 radical (unpaired) electrons. The van der Waals surface area contributed by atoms with Crippen LogP contribution in [-0.2, 0) is 16.1 Å². The van der Waals surface area contributed by atoms with E-state index in [0.29, 0.717) is 5.56 Å². The van der Waals surface area contributed by atoms with Gasteiger partial charge in [0.05, 0.1) is 0 Å². The van der Waals surface area contributed by atoms with Gasteiger partial charge in [-0.3, -0.25) is 4.79 Å². The number of amides is 1. The van der Waals surface area contributed by atoms with Gasteiger partial charge in [0.15, 0.2) is 0 Å². The molecule has 0 saturated carbocycles. The SMILES string of the molecule is COC(C)C(=O)NCc1cc(Br)ccc1F. The second kappa shape index (κ2) is 5.96. The third-order valence-corrected chi connectivity index (χ3v) is 2.68. The molecule has 1 rings (SSSR count). The Kier molecular flexibility index (Phi) is 4.89. The topological polar surface area (TPSA) is 38.3 Å². The summed E-state index contributed by atoms with van der Waals surface area (Å²) in [5.41, 5.74) is 0.436. The third-order valence-electron chi connectivity index (χ3n) is 2.18. The molecule has 88 valence electrons. The normalized spacial score (nSPS) is 12.2. The van der Waals surface area contributed by atoms with Gasteiger partial charge in [-0.15, -0.1) is 0 Å². The van der Waals surface area contributed by atoms with Crippen LogP contribution in [0, 0.1) is 5.82 Å². The van der Waals surface area contributed by atoms with E-state index in [2.05, 4.69) is 21.2 Å². The molecule has 1 aromatic rings. The average molecular weight is 290 g/mol. The second-order valence-electron chi connectivity index (χ2n) is 3.33. The van der Waals surface area contributed by atoms with Gasteiger partial charge in [-0.25, -0.2) is 4.39 Å². The third kappa shape index (κ3) is 3.57. The fourth-order valence-corrected chi connectivity index (χ4v) is 1.52. The number of hydrogen-bond donors (Lipinski definition) is 1. The highest BCUT2D eigenvalue weighted by atomic mass is 79.9. The molecule has 0 aliphatic heterocycles. The van der Waals surface area contributed by atoms with Crippen molar-refractivity contribution in [3.05, 3.63) is 34.1 Å². The molecule has 1 amide bonds. The molecule has 1 unspecified atom stereocenters. The smallest absolute Gasteiger partial charge is 0.249 e. The summed E-state index contributed by atoms with van der Waals surface area (Å²) in [5.74, 6) is -0.601. The Labute approximate surface area is 102 Å². The first-order valence-corrected chi connectivity index (χ1v) is 5.58. The lowest BCUT2D eigenvalue weighted by Crippen LogP contribution is -2.33. The van der Waals surface area contributed by atoms with Gasteiger partial charge in [-0.05, 0) is 25.1 Å². The Morgan fingerprint density at radius 3 is 2.94 bits per heavy atom. The average Bonchev–Trinajstić information content (AvgIpc) is 2.28. The van der Waals surface area contributed by atoms with E-state index in [1.54, 1.807) is 19.1 Å². The van der Waals surface area contributed by atoms with Crippen molar-refractivity contribution >= 4 is 21.8 Å². The van der Waals surface area contributed by atoms with E-state index < -0.39 is 6.10 Å². The molecule has 1 aromatic carbocycles. The number of nitrogens with one attached hydrogen (secondary N) is 1. The second-order valence-corrected chi connectivity index (χ2v) is 4.25. The summed E-state index contributed by atoms with van der Waals surface area (Å²) in [7, 11) is 1.45. The lowest BCUT2D eigenvalue weighted by atomic mass is 10.2. The van der Waals surface area contributed by atoms with Gasteiger partial charge >= 0.3 is 0 Å². The Bertz CT molecular complexity index is 384. The molecular formula is C11H13BrFNO2. The van der Waals surface area contributed by atoms with E-state index in [0.717, 1.165) is 4.47 Å². The van der Waals surface area contributed by atoms with Crippen LogP contribution < -0.4 is 5.32 Å². The molecule has 16 heavy (non-hydrogen) atoms. The summed E-state index contributed by atoms with van der Waals surface area (Å²) in [6, 6.07) is 4.59. The highest BCUT2D eigenvalue weighted by Crippen LogP contribution is 2.15. The Morgan fingerprint density at radius 2 is 2.31 bits per heavy atom. The minimum Gasteiger partial charge on any atom is -0.372 e. The monoisotopic (exact) mass is 289 g/mol. The maximum Gasteiger partial charge on any atom is 0.249 e. The van der Waals surface area contributed by atoms with Gasteiger partial charge in [0, 0.05) is 23.7 Å². The maximum atomic E-state index is 13.3. The molecule has 1 N–H and O–H groups in total. The molecule has 0 aromatic heterocycles. The first-order valence-electron chi connectivity index (χ1n) is 4.79. The zero-order chi connectivity index (χ0) is 12.1. The number of carbonyl (C=O) groups is 1. The van der Waals surface area contributed by atoms with Crippen LogP contribution in [0.3, 0.4) is 0 Å². The van der Waals surface area contributed by atoms with E-state index >= 15 is 0 Å². The predicted molar refractivity (Wildman–Crippen MR) is 62.4 cm³/mol. The van der Waals surface area contributed by atoms with Crippen LogP contribution in [0.15, 0.2) is 22.7 Å². The molecular weight excluding hydrogens is 277 g/mol. The van der Waals surface area contributed by atoms with Crippen LogP contribution in [0.5, 0.6) is 0 Å².